The van der Waals surface area contributed by atoms with Gasteiger partial charge in [-0.3, -0.25) is 4.79 Å². The van der Waals surface area contributed by atoms with E-state index in [9.17, 15) is 4.79 Å². The van der Waals surface area contributed by atoms with E-state index in [1.165, 1.54) is 0 Å². The number of fused-ring (bicyclic) bond motifs is 1. The lowest BCUT2D eigenvalue weighted by Gasteiger charge is -2.06. The minimum atomic E-state index is -0.219. The maximum absolute atomic E-state index is 12.5. The van der Waals surface area contributed by atoms with Crippen LogP contribution in [-0.4, -0.2) is 10.9 Å². The first-order chi connectivity index (χ1) is 13.0. The largest absolute Gasteiger partial charge is 0.436 e. The molecular formula is C20H11BrCl2N2O2. The summed E-state index contributed by atoms with van der Waals surface area (Å²) in [5, 5.41) is 3.67. The van der Waals surface area contributed by atoms with Crippen LogP contribution in [-0.2, 0) is 0 Å². The predicted octanol–water partition coefficient (Wildman–Crippen LogP) is 6.82. The normalized spacial score (nSPS) is 10.9. The van der Waals surface area contributed by atoms with E-state index >= 15 is 0 Å². The number of hydrogen-bond acceptors (Lipinski definition) is 3. The average Bonchev–Trinajstić information content (AvgIpc) is 3.07. The molecule has 4 nitrogen and oxygen atoms in total. The van der Waals surface area contributed by atoms with Crippen LogP contribution < -0.4 is 5.32 Å². The zero-order chi connectivity index (χ0) is 19.0. The van der Waals surface area contributed by atoms with Crippen LogP contribution in [0.5, 0.6) is 0 Å². The lowest BCUT2D eigenvalue weighted by Crippen LogP contribution is -2.12. The summed E-state index contributed by atoms with van der Waals surface area (Å²) in [6.45, 7) is 0. The predicted molar refractivity (Wildman–Crippen MR) is 112 cm³/mol. The lowest BCUT2D eigenvalue weighted by atomic mass is 10.2. The van der Waals surface area contributed by atoms with E-state index in [4.69, 9.17) is 27.6 Å². The topological polar surface area (TPSA) is 55.1 Å². The highest BCUT2D eigenvalue weighted by atomic mass is 79.9. The molecule has 134 valence electrons. The van der Waals surface area contributed by atoms with E-state index in [0.29, 0.717) is 43.9 Å². The van der Waals surface area contributed by atoms with Crippen LogP contribution in [0.25, 0.3) is 22.6 Å². The third kappa shape index (κ3) is 3.58. The Morgan fingerprint density at radius 3 is 2.67 bits per heavy atom. The number of nitrogens with zero attached hydrogens (tertiary/aromatic N) is 1. The standard InChI is InChI=1S/C20H11BrCl2N2O2/c21-14-6-2-1-4-12(14)19(26)24-11-8-9-17-16(10-11)25-20(27-17)13-5-3-7-15(22)18(13)23/h1-10H,(H,24,26). The lowest BCUT2D eigenvalue weighted by molar-refractivity contribution is 0.102. The van der Waals surface area contributed by atoms with Gasteiger partial charge in [-0.1, -0.05) is 41.4 Å². The molecule has 0 bridgehead atoms. The maximum atomic E-state index is 12.5. The van der Waals surface area contributed by atoms with Crippen LogP contribution in [0.1, 0.15) is 10.4 Å². The Bertz CT molecular complexity index is 1170. The van der Waals surface area contributed by atoms with Gasteiger partial charge in [0.2, 0.25) is 5.89 Å². The van der Waals surface area contributed by atoms with Crippen molar-refractivity contribution in [2.45, 2.75) is 0 Å². The molecule has 0 radical (unpaired) electrons. The Hall–Kier alpha value is -2.34. The van der Waals surface area contributed by atoms with Gasteiger partial charge in [-0.25, -0.2) is 4.98 Å². The van der Waals surface area contributed by atoms with Crippen molar-refractivity contribution in [3.05, 3.63) is 80.7 Å². The molecule has 4 rings (SSSR count). The van der Waals surface area contributed by atoms with E-state index in [-0.39, 0.29) is 5.91 Å². The number of carbonyl (C=O) groups excluding carboxylic acids is 1. The van der Waals surface area contributed by atoms with Crippen molar-refractivity contribution < 1.29 is 9.21 Å². The van der Waals surface area contributed by atoms with Gasteiger partial charge >= 0.3 is 0 Å². The third-order valence-corrected chi connectivity index (χ3v) is 5.46. The molecule has 3 aromatic carbocycles. The van der Waals surface area contributed by atoms with Gasteiger partial charge in [0.1, 0.15) is 5.52 Å². The van der Waals surface area contributed by atoms with E-state index < -0.39 is 0 Å². The van der Waals surface area contributed by atoms with Crippen molar-refractivity contribution in [3.8, 4) is 11.5 Å². The number of benzene rings is 3. The highest BCUT2D eigenvalue weighted by Gasteiger charge is 2.15. The maximum Gasteiger partial charge on any atom is 0.256 e. The molecule has 0 aliphatic carbocycles. The minimum Gasteiger partial charge on any atom is -0.436 e. The van der Waals surface area contributed by atoms with Crippen LogP contribution in [0.3, 0.4) is 0 Å². The highest BCUT2D eigenvalue weighted by Crippen LogP contribution is 2.35. The molecular weight excluding hydrogens is 451 g/mol. The van der Waals surface area contributed by atoms with Gasteiger partial charge in [0.15, 0.2) is 5.58 Å². The molecule has 0 aliphatic heterocycles. The fourth-order valence-electron chi connectivity index (χ4n) is 2.63. The van der Waals surface area contributed by atoms with E-state index in [1.807, 2.05) is 18.2 Å². The summed E-state index contributed by atoms with van der Waals surface area (Å²) in [5.74, 6) is 0.148. The first kappa shape index (κ1) is 18.0. The Labute approximate surface area is 173 Å². The molecule has 0 fully saturated rings. The van der Waals surface area contributed by atoms with Crippen LogP contribution in [0.4, 0.5) is 5.69 Å². The van der Waals surface area contributed by atoms with Gasteiger partial charge in [0.05, 0.1) is 21.2 Å². The van der Waals surface area contributed by atoms with E-state index in [2.05, 4.69) is 26.2 Å². The van der Waals surface area contributed by atoms with Crippen LogP contribution in [0, 0.1) is 0 Å². The molecule has 0 saturated carbocycles. The Morgan fingerprint density at radius 2 is 1.85 bits per heavy atom. The number of amides is 1. The Morgan fingerprint density at radius 1 is 1.04 bits per heavy atom. The fourth-order valence-corrected chi connectivity index (χ4v) is 3.48. The van der Waals surface area contributed by atoms with Crippen molar-refractivity contribution in [2.75, 3.05) is 5.32 Å². The number of halogens is 3. The van der Waals surface area contributed by atoms with Crippen molar-refractivity contribution in [2.24, 2.45) is 0 Å². The molecule has 1 aromatic heterocycles. The monoisotopic (exact) mass is 460 g/mol. The number of hydrogen-bond donors (Lipinski definition) is 1. The zero-order valence-corrected chi connectivity index (χ0v) is 16.8. The van der Waals surface area contributed by atoms with Crippen LogP contribution in [0.2, 0.25) is 10.0 Å². The van der Waals surface area contributed by atoms with Crippen molar-refractivity contribution in [1.29, 1.82) is 0 Å². The number of aromatic nitrogens is 1. The van der Waals surface area contributed by atoms with Crippen molar-refractivity contribution in [1.82, 2.24) is 4.98 Å². The molecule has 27 heavy (non-hydrogen) atoms. The molecule has 0 saturated heterocycles. The molecule has 1 N–H and O–H groups in total. The Balaban J connectivity index is 1.66. The summed E-state index contributed by atoms with van der Waals surface area (Å²) < 4.78 is 6.50. The number of carbonyl (C=O) groups is 1. The number of anilines is 1. The van der Waals surface area contributed by atoms with Crippen LogP contribution in [0.15, 0.2) is 69.6 Å². The second-order valence-corrected chi connectivity index (χ2v) is 7.38. The molecule has 0 aliphatic rings. The molecule has 0 atom stereocenters. The van der Waals surface area contributed by atoms with Crippen molar-refractivity contribution in [3.63, 3.8) is 0 Å². The molecule has 0 spiro atoms. The number of nitrogens with one attached hydrogen (secondary N) is 1. The summed E-state index contributed by atoms with van der Waals surface area (Å²) in [5.41, 5.74) is 2.95. The average molecular weight is 462 g/mol. The highest BCUT2D eigenvalue weighted by molar-refractivity contribution is 9.10. The van der Waals surface area contributed by atoms with Crippen molar-refractivity contribution >= 4 is 61.8 Å². The van der Waals surface area contributed by atoms with Gasteiger partial charge in [0.25, 0.3) is 5.91 Å². The first-order valence-corrected chi connectivity index (χ1v) is 9.48. The second kappa shape index (κ2) is 7.35. The summed E-state index contributed by atoms with van der Waals surface area (Å²) in [7, 11) is 0. The molecule has 1 amide bonds. The molecule has 4 aromatic rings. The van der Waals surface area contributed by atoms with Gasteiger partial charge < -0.3 is 9.73 Å². The van der Waals surface area contributed by atoms with E-state index in [0.717, 1.165) is 4.47 Å². The molecule has 0 unspecified atom stereocenters. The minimum absolute atomic E-state index is 0.219. The summed E-state index contributed by atoms with van der Waals surface area (Å²) in [6.07, 6.45) is 0. The quantitative estimate of drug-likeness (QED) is 0.364. The van der Waals surface area contributed by atoms with Gasteiger partial charge in [-0.05, 0) is 58.4 Å². The summed E-state index contributed by atoms with van der Waals surface area (Å²) in [4.78, 5) is 16.9. The van der Waals surface area contributed by atoms with Gasteiger partial charge in [-0.2, -0.15) is 0 Å². The smallest absolute Gasteiger partial charge is 0.256 e. The fraction of sp³-hybridized carbons (Fsp3) is 0. The summed E-state index contributed by atoms with van der Waals surface area (Å²) >= 11 is 15.7. The van der Waals surface area contributed by atoms with Gasteiger partial charge in [-0.15, -0.1) is 0 Å². The molecule has 7 heteroatoms. The number of rotatable bonds is 3. The zero-order valence-electron chi connectivity index (χ0n) is 13.7. The summed E-state index contributed by atoms with van der Waals surface area (Å²) in [6, 6.07) is 17.7. The molecule has 1 heterocycles. The van der Waals surface area contributed by atoms with E-state index in [1.54, 1.807) is 42.5 Å². The number of oxazole rings is 1. The first-order valence-electron chi connectivity index (χ1n) is 7.94. The van der Waals surface area contributed by atoms with Crippen LogP contribution >= 0.6 is 39.1 Å². The van der Waals surface area contributed by atoms with Gasteiger partial charge in [0, 0.05) is 10.2 Å². The second-order valence-electron chi connectivity index (χ2n) is 5.74. The SMILES string of the molecule is O=C(Nc1ccc2oc(-c3cccc(Cl)c3Cl)nc2c1)c1ccccc1Br. The Kier molecular flexibility index (Phi) is 4.91. The third-order valence-electron chi connectivity index (χ3n) is 3.95.